The van der Waals surface area contributed by atoms with Crippen LogP contribution in [0, 0.1) is 17.8 Å². The van der Waals surface area contributed by atoms with Gasteiger partial charge < -0.3 is 14.2 Å². The van der Waals surface area contributed by atoms with Crippen LogP contribution in [0.4, 0.5) is 5.82 Å². The molecule has 0 amide bonds. The molecule has 0 aliphatic heterocycles. The number of aromatic nitrogens is 1. The molecule has 0 fully saturated rings. The van der Waals surface area contributed by atoms with E-state index < -0.39 is 11.0 Å². The molecule has 3 aromatic rings. The largest absolute Gasteiger partial charge is 0.460 e. The minimum absolute atomic E-state index is 0.0692. The maximum atomic E-state index is 12.7. The highest BCUT2D eigenvalue weighted by Gasteiger charge is 2.37. The monoisotopic (exact) mass is 562 g/mol. The van der Waals surface area contributed by atoms with E-state index >= 15 is 0 Å². The fourth-order valence-corrected chi connectivity index (χ4v) is 5.40. The summed E-state index contributed by atoms with van der Waals surface area (Å²) in [5, 5.41) is 0. The Hall–Kier alpha value is -2.99. The predicted molar refractivity (Wildman–Crippen MR) is 167 cm³/mol. The van der Waals surface area contributed by atoms with Crippen molar-refractivity contribution < 1.29 is 14.3 Å². The number of anilines is 1. The number of benzene rings is 2. The first kappa shape index (κ1) is 31.5. The van der Waals surface area contributed by atoms with Crippen molar-refractivity contribution in [1.82, 2.24) is 4.98 Å². The summed E-state index contributed by atoms with van der Waals surface area (Å²) in [5.41, 5.74) is 1.56. The maximum Gasteiger partial charge on any atom is 0.312 e. The third kappa shape index (κ3) is 10.9. The molecular formula is C34H46N2O3S. The summed E-state index contributed by atoms with van der Waals surface area (Å²) in [6.07, 6.45) is 6.99. The van der Waals surface area contributed by atoms with Gasteiger partial charge in [-0.25, -0.2) is 4.98 Å². The molecule has 0 atom stereocenters. The van der Waals surface area contributed by atoms with Crippen LogP contribution in [0.15, 0.2) is 71.8 Å². The van der Waals surface area contributed by atoms with E-state index in [9.17, 15) is 4.79 Å². The van der Waals surface area contributed by atoms with Gasteiger partial charge in [0.1, 0.15) is 22.9 Å². The van der Waals surface area contributed by atoms with Gasteiger partial charge in [-0.15, -0.1) is 0 Å². The van der Waals surface area contributed by atoms with Crippen molar-refractivity contribution in [3.8, 4) is 11.5 Å². The van der Waals surface area contributed by atoms with E-state index in [1.807, 2.05) is 96.3 Å². The third-order valence-corrected chi connectivity index (χ3v) is 7.43. The van der Waals surface area contributed by atoms with Crippen molar-refractivity contribution in [2.24, 2.45) is 10.8 Å². The molecule has 6 heteroatoms. The van der Waals surface area contributed by atoms with Gasteiger partial charge in [-0.3, -0.25) is 4.79 Å². The van der Waals surface area contributed by atoms with Gasteiger partial charge in [0, 0.05) is 11.1 Å². The highest BCUT2D eigenvalue weighted by atomic mass is 32.2. The van der Waals surface area contributed by atoms with Crippen LogP contribution >= 0.6 is 11.9 Å². The van der Waals surface area contributed by atoms with Gasteiger partial charge in [0.15, 0.2) is 0 Å². The fraction of sp³-hybridized carbons (Fsp3) is 0.471. The van der Waals surface area contributed by atoms with Crippen LogP contribution in [-0.2, 0) is 16.0 Å². The molecular weight excluding hydrogens is 516 g/mol. The minimum atomic E-state index is -0.498. The first-order valence-electron chi connectivity index (χ1n) is 14.2. The molecule has 2 aromatic carbocycles. The Labute approximate surface area is 245 Å². The number of carbonyl (C=O) groups excluding carboxylic acids is 1. The topological polar surface area (TPSA) is 60.5 Å². The average Bonchev–Trinajstić information content (AvgIpc) is 2.86. The number of pyridine rings is 1. The number of nitrogens with zero attached hydrogens (tertiary/aromatic N) is 1. The van der Waals surface area contributed by atoms with Crippen LogP contribution in [-0.4, -0.2) is 16.6 Å². The summed E-state index contributed by atoms with van der Waals surface area (Å²) in [6, 6.07) is 20.4. The first-order chi connectivity index (χ1) is 18.7. The fourth-order valence-electron chi connectivity index (χ4n) is 4.78. The summed E-state index contributed by atoms with van der Waals surface area (Å²) in [6.45, 7) is 16.3. The number of rotatable bonds is 13. The molecule has 0 unspecified atom stereocenters. The second-order valence-electron chi connectivity index (χ2n) is 13.1. The van der Waals surface area contributed by atoms with Crippen LogP contribution in [0.2, 0.25) is 0 Å². The van der Waals surface area contributed by atoms with Crippen LogP contribution in [0.25, 0.3) is 0 Å². The van der Waals surface area contributed by atoms with Gasteiger partial charge in [0.25, 0.3) is 0 Å². The van der Waals surface area contributed by atoms with Crippen LogP contribution in [0.3, 0.4) is 0 Å². The molecule has 0 aliphatic rings. The van der Waals surface area contributed by atoms with Crippen molar-refractivity contribution in [3.05, 3.63) is 78.0 Å². The van der Waals surface area contributed by atoms with Gasteiger partial charge >= 0.3 is 5.97 Å². The maximum absolute atomic E-state index is 12.7. The molecule has 1 N–H and O–H groups in total. The third-order valence-electron chi connectivity index (χ3n) is 6.61. The number of hydrogen-bond acceptors (Lipinski definition) is 6. The summed E-state index contributed by atoms with van der Waals surface area (Å²) in [5.74, 6) is 2.36. The second kappa shape index (κ2) is 13.6. The van der Waals surface area contributed by atoms with E-state index in [4.69, 9.17) is 9.47 Å². The smallest absolute Gasteiger partial charge is 0.312 e. The molecule has 40 heavy (non-hydrogen) atoms. The lowest BCUT2D eigenvalue weighted by Crippen LogP contribution is -2.36. The van der Waals surface area contributed by atoms with E-state index in [1.54, 1.807) is 0 Å². The molecule has 3 rings (SSSR count). The SMILES string of the molecule is Cc1ccc(NSc2ccc(Oc3ccc(CCCCC(C)(C)CC(C)(C)C(=O)OC(C)(C)C)cc3)cc2)nc1. The van der Waals surface area contributed by atoms with Gasteiger partial charge in [-0.2, -0.15) is 0 Å². The van der Waals surface area contributed by atoms with Gasteiger partial charge in [-0.05, 0) is 138 Å². The molecule has 0 saturated carbocycles. The van der Waals surface area contributed by atoms with E-state index in [-0.39, 0.29) is 11.4 Å². The number of nitrogens with one attached hydrogen (secondary N) is 1. The Bertz CT molecular complexity index is 1210. The number of carbonyl (C=O) groups is 1. The van der Waals surface area contributed by atoms with Crippen LogP contribution in [0.5, 0.6) is 11.5 Å². The molecule has 1 aromatic heterocycles. The van der Waals surface area contributed by atoms with Gasteiger partial charge in [-0.1, -0.05) is 38.5 Å². The molecule has 5 nitrogen and oxygen atoms in total. The van der Waals surface area contributed by atoms with E-state index in [2.05, 4.69) is 35.7 Å². The van der Waals surface area contributed by atoms with E-state index in [0.29, 0.717) is 0 Å². The predicted octanol–water partition coefficient (Wildman–Crippen LogP) is 9.80. The lowest BCUT2D eigenvalue weighted by Gasteiger charge is -2.35. The molecule has 0 spiro atoms. The van der Waals surface area contributed by atoms with Crippen molar-refractivity contribution in [3.63, 3.8) is 0 Å². The van der Waals surface area contributed by atoms with E-state index in [1.165, 1.54) is 17.5 Å². The van der Waals surface area contributed by atoms with Crippen molar-refractivity contribution in [2.45, 2.75) is 98.0 Å². The summed E-state index contributed by atoms with van der Waals surface area (Å²) in [4.78, 5) is 18.1. The molecule has 0 bridgehead atoms. The Balaban J connectivity index is 1.40. The van der Waals surface area contributed by atoms with Crippen LogP contribution < -0.4 is 9.46 Å². The number of hydrogen-bond donors (Lipinski definition) is 1. The standard InChI is InChI=1S/C34H46N2O3S/c1-25-12-21-30(35-23-25)36-40-29-19-17-28(18-20-29)38-27-15-13-26(14-16-27)11-9-10-22-33(5,6)24-34(7,8)31(37)39-32(2,3)4/h12-21,23H,9-11,22,24H2,1-8H3,(H,35,36). The number of aryl methyl sites for hydroxylation is 2. The van der Waals surface area contributed by atoms with Gasteiger partial charge in [0.2, 0.25) is 0 Å². The average molecular weight is 563 g/mol. The minimum Gasteiger partial charge on any atom is -0.460 e. The number of esters is 1. The lowest BCUT2D eigenvalue weighted by molar-refractivity contribution is -0.167. The Kier molecular flexibility index (Phi) is 10.7. The van der Waals surface area contributed by atoms with Crippen molar-refractivity contribution in [2.75, 3.05) is 4.72 Å². The van der Waals surface area contributed by atoms with Crippen molar-refractivity contribution >= 4 is 23.7 Å². The highest BCUT2D eigenvalue weighted by Crippen LogP contribution is 2.39. The first-order valence-corrected chi connectivity index (χ1v) is 15.0. The Morgan fingerprint density at radius 2 is 1.48 bits per heavy atom. The lowest BCUT2D eigenvalue weighted by atomic mass is 9.72. The molecule has 1 heterocycles. The Morgan fingerprint density at radius 3 is 2.05 bits per heavy atom. The zero-order chi connectivity index (χ0) is 29.4. The zero-order valence-corrected chi connectivity index (χ0v) is 26.3. The summed E-state index contributed by atoms with van der Waals surface area (Å²) >= 11 is 1.52. The molecule has 0 aliphatic carbocycles. The van der Waals surface area contributed by atoms with E-state index in [0.717, 1.165) is 59.9 Å². The second-order valence-corrected chi connectivity index (χ2v) is 14.0. The molecule has 216 valence electrons. The normalized spacial score (nSPS) is 12.2. The van der Waals surface area contributed by atoms with Gasteiger partial charge in [0.05, 0.1) is 5.41 Å². The van der Waals surface area contributed by atoms with Crippen LogP contribution in [0.1, 0.15) is 85.3 Å². The zero-order valence-electron chi connectivity index (χ0n) is 25.5. The van der Waals surface area contributed by atoms with Crippen molar-refractivity contribution in [1.29, 1.82) is 0 Å². The highest BCUT2D eigenvalue weighted by molar-refractivity contribution is 8.00. The number of ether oxygens (including phenoxy) is 2. The quantitative estimate of drug-likeness (QED) is 0.127. The molecule has 0 radical (unpaired) electrons. The number of unbranched alkanes of at least 4 members (excludes halogenated alkanes) is 1. The Morgan fingerprint density at radius 1 is 0.850 bits per heavy atom. The molecule has 0 saturated heterocycles. The summed E-state index contributed by atoms with van der Waals surface area (Å²) < 4.78 is 15.0. The summed E-state index contributed by atoms with van der Waals surface area (Å²) in [7, 11) is 0.